The van der Waals surface area contributed by atoms with Crippen molar-refractivity contribution in [1.29, 1.82) is 0 Å². The van der Waals surface area contributed by atoms with E-state index < -0.39 is 0 Å². The van der Waals surface area contributed by atoms with Crippen molar-refractivity contribution in [2.24, 2.45) is 5.50 Å². The van der Waals surface area contributed by atoms with Gasteiger partial charge in [-0.2, -0.15) is 0 Å². The monoisotopic (exact) mass is 141 g/mol. The van der Waals surface area contributed by atoms with Crippen LogP contribution in [-0.2, 0) is 0 Å². The van der Waals surface area contributed by atoms with E-state index >= 15 is 0 Å². The Morgan fingerprint density at radius 1 is 1.22 bits per heavy atom. The van der Waals surface area contributed by atoms with Crippen molar-refractivity contribution < 1.29 is 4.52 Å². The van der Waals surface area contributed by atoms with E-state index in [0.717, 1.165) is 5.75 Å². The highest BCUT2D eigenvalue weighted by atomic mass is 31.1. The largest absolute Gasteiger partial charge is 0.461 e. The molecular weight excluding hydrogens is 133 g/mol. The smallest absolute Gasteiger partial charge is 0.143 e. The summed E-state index contributed by atoms with van der Waals surface area (Å²) >= 11 is 0. The number of hydrogen-bond donors (Lipinski definition) is 1. The standard InChI is InChI=1S/C6H8NOP/c7-9-8-6-4-2-1-3-5-6/h1-5,9H,7H2. The van der Waals surface area contributed by atoms with Crippen LogP contribution in [0.1, 0.15) is 0 Å². The van der Waals surface area contributed by atoms with Gasteiger partial charge in [-0.05, 0) is 12.1 Å². The van der Waals surface area contributed by atoms with Crippen LogP contribution in [0.25, 0.3) is 0 Å². The van der Waals surface area contributed by atoms with Gasteiger partial charge in [0, 0.05) is 0 Å². The van der Waals surface area contributed by atoms with Crippen LogP contribution in [0.3, 0.4) is 0 Å². The van der Waals surface area contributed by atoms with Crippen molar-refractivity contribution >= 4 is 8.96 Å². The van der Waals surface area contributed by atoms with Gasteiger partial charge in [-0.15, -0.1) is 0 Å². The minimum absolute atomic E-state index is 0.0352. The van der Waals surface area contributed by atoms with E-state index in [1.54, 1.807) is 0 Å². The van der Waals surface area contributed by atoms with Gasteiger partial charge in [-0.3, -0.25) is 5.50 Å². The van der Waals surface area contributed by atoms with Crippen LogP contribution in [0.4, 0.5) is 0 Å². The molecule has 0 fully saturated rings. The molecule has 0 saturated heterocycles. The van der Waals surface area contributed by atoms with Crippen LogP contribution in [0.2, 0.25) is 0 Å². The first-order valence-corrected chi connectivity index (χ1v) is 3.59. The molecule has 0 saturated carbocycles. The fraction of sp³-hybridized carbons (Fsp3) is 0. The lowest BCUT2D eigenvalue weighted by atomic mass is 10.3. The summed E-state index contributed by atoms with van der Waals surface area (Å²) in [7, 11) is 0.0352. The lowest BCUT2D eigenvalue weighted by Crippen LogP contribution is -1.81. The van der Waals surface area contributed by atoms with Crippen molar-refractivity contribution in [2.75, 3.05) is 0 Å². The van der Waals surface area contributed by atoms with Gasteiger partial charge in [0.05, 0.1) is 0 Å². The highest BCUT2D eigenvalue weighted by Gasteiger charge is 1.84. The van der Waals surface area contributed by atoms with Crippen LogP contribution in [0.15, 0.2) is 30.3 Å². The van der Waals surface area contributed by atoms with Crippen LogP contribution in [0.5, 0.6) is 5.75 Å². The number of hydrogen-bond acceptors (Lipinski definition) is 2. The molecule has 0 aliphatic heterocycles. The summed E-state index contributed by atoms with van der Waals surface area (Å²) < 4.78 is 5.01. The van der Waals surface area contributed by atoms with Crippen molar-refractivity contribution in [3.63, 3.8) is 0 Å². The topological polar surface area (TPSA) is 35.2 Å². The lowest BCUT2D eigenvalue weighted by Gasteiger charge is -1.98. The van der Waals surface area contributed by atoms with Crippen LogP contribution >= 0.6 is 8.96 Å². The summed E-state index contributed by atoms with van der Waals surface area (Å²) in [5.74, 6) is 0.832. The first-order chi connectivity index (χ1) is 4.43. The van der Waals surface area contributed by atoms with E-state index in [2.05, 4.69) is 0 Å². The lowest BCUT2D eigenvalue weighted by molar-refractivity contribution is 0.632. The predicted molar refractivity (Wildman–Crippen MR) is 39.6 cm³/mol. The number of benzene rings is 1. The van der Waals surface area contributed by atoms with Gasteiger partial charge >= 0.3 is 0 Å². The van der Waals surface area contributed by atoms with Crippen molar-refractivity contribution in [3.05, 3.63) is 30.3 Å². The van der Waals surface area contributed by atoms with Crippen molar-refractivity contribution in [1.82, 2.24) is 0 Å². The number of nitrogens with two attached hydrogens (primary N) is 1. The maximum absolute atomic E-state index is 5.17. The van der Waals surface area contributed by atoms with Gasteiger partial charge in [-0.1, -0.05) is 18.2 Å². The zero-order valence-electron chi connectivity index (χ0n) is 4.87. The zero-order chi connectivity index (χ0) is 6.53. The molecule has 1 atom stereocenters. The van der Waals surface area contributed by atoms with E-state index in [1.807, 2.05) is 30.3 Å². The highest BCUT2D eigenvalue weighted by Crippen LogP contribution is 2.13. The second-order valence-corrected chi connectivity index (χ2v) is 1.97. The minimum atomic E-state index is 0.0352. The van der Waals surface area contributed by atoms with E-state index in [4.69, 9.17) is 10.0 Å². The fourth-order valence-electron chi connectivity index (χ4n) is 0.557. The van der Waals surface area contributed by atoms with Crippen molar-refractivity contribution in [2.45, 2.75) is 0 Å². The minimum Gasteiger partial charge on any atom is -0.461 e. The molecule has 1 unspecified atom stereocenters. The molecule has 0 spiro atoms. The maximum atomic E-state index is 5.17. The van der Waals surface area contributed by atoms with E-state index in [-0.39, 0.29) is 8.96 Å². The molecule has 2 N–H and O–H groups in total. The Kier molecular flexibility index (Phi) is 2.49. The molecule has 2 nitrogen and oxygen atoms in total. The molecule has 48 valence electrons. The molecule has 0 radical (unpaired) electrons. The highest BCUT2D eigenvalue weighted by molar-refractivity contribution is 7.29. The molecule has 3 heteroatoms. The first kappa shape index (κ1) is 6.53. The molecule has 0 bridgehead atoms. The van der Waals surface area contributed by atoms with Gasteiger partial charge in [0.15, 0.2) is 0 Å². The molecule has 0 aromatic heterocycles. The maximum Gasteiger partial charge on any atom is 0.143 e. The molecule has 1 rings (SSSR count). The summed E-state index contributed by atoms with van der Waals surface area (Å²) in [4.78, 5) is 0. The number of rotatable bonds is 2. The normalized spacial score (nSPS) is 10.3. The third kappa shape index (κ3) is 2.00. The van der Waals surface area contributed by atoms with Gasteiger partial charge in [0.25, 0.3) is 0 Å². The second kappa shape index (κ2) is 3.44. The molecule has 0 aliphatic rings. The molecule has 0 heterocycles. The van der Waals surface area contributed by atoms with Gasteiger partial charge in [-0.25, -0.2) is 0 Å². The molecular formula is C6H8NOP. The third-order valence-corrected chi connectivity index (χ3v) is 1.27. The average Bonchev–Trinajstić information content (AvgIpc) is 1.91. The number of para-hydroxylation sites is 1. The van der Waals surface area contributed by atoms with E-state index in [9.17, 15) is 0 Å². The quantitative estimate of drug-likeness (QED) is 0.634. The molecule has 1 aromatic carbocycles. The SMILES string of the molecule is NPOc1ccccc1. The Bertz CT molecular complexity index is 166. The second-order valence-electron chi connectivity index (χ2n) is 1.53. The predicted octanol–water partition coefficient (Wildman–Crippen LogP) is 1.53. The van der Waals surface area contributed by atoms with Gasteiger partial charge in [0.1, 0.15) is 14.7 Å². The molecule has 1 aromatic rings. The van der Waals surface area contributed by atoms with Crippen LogP contribution in [0, 0.1) is 0 Å². The Hall–Kier alpha value is -0.590. The van der Waals surface area contributed by atoms with Crippen LogP contribution in [-0.4, -0.2) is 0 Å². The Balaban J connectivity index is 2.61. The Labute approximate surface area is 55.9 Å². The average molecular weight is 141 g/mol. The molecule has 0 aliphatic carbocycles. The van der Waals surface area contributed by atoms with E-state index in [0.29, 0.717) is 0 Å². The third-order valence-electron chi connectivity index (χ3n) is 0.920. The summed E-state index contributed by atoms with van der Waals surface area (Å²) in [6.45, 7) is 0. The summed E-state index contributed by atoms with van der Waals surface area (Å²) in [6, 6.07) is 9.51. The van der Waals surface area contributed by atoms with Gasteiger partial charge in [0.2, 0.25) is 0 Å². The zero-order valence-corrected chi connectivity index (χ0v) is 5.87. The van der Waals surface area contributed by atoms with Gasteiger partial charge < -0.3 is 4.52 Å². The van der Waals surface area contributed by atoms with Crippen molar-refractivity contribution in [3.8, 4) is 5.75 Å². The Morgan fingerprint density at radius 2 is 1.89 bits per heavy atom. The summed E-state index contributed by atoms with van der Waals surface area (Å²) in [5.41, 5.74) is 5.17. The first-order valence-electron chi connectivity index (χ1n) is 2.61. The molecule has 9 heavy (non-hydrogen) atoms. The molecule has 0 amide bonds. The summed E-state index contributed by atoms with van der Waals surface area (Å²) in [6.07, 6.45) is 0. The fourth-order valence-corrected chi connectivity index (χ4v) is 0.829. The Morgan fingerprint density at radius 3 is 2.44 bits per heavy atom. The van der Waals surface area contributed by atoms with Crippen LogP contribution < -0.4 is 10.0 Å². The van der Waals surface area contributed by atoms with E-state index in [1.165, 1.54) is 0 Å². The summed E-state index contributed by atoms with van der Waals surface area (Å²) in [5, 5.41) is 0.